The maximum absolute atomic E-state index is 13.1. The Bertz CT molecular complexity index is 1890. The van der Waals surface area contributed by atoms with E-state index in [0.717, 1.165) is 109 Å². The Kier molecular flexibility index (Phi) is 71.6. The van der Waals surface area contributed by atoms with E-state index in [1.165, 1.54) is 238 Å². The van der Waals surface area contributed by atoms with E-state index in [1.54, 1.807) is 0 Å². The zero-order valence-electron chi connectivity index (χ0n) is 64.6. The fourth-order valence-corrected chi connectivity index (χ4v) is 14.0. The maximum Gasteiger partial charge on any atom is 0.472 e. The molecule has 0 amide bonds. The maximum atomic E-state index is 13.1. The summed E-state index contributed by atoms with van der Waals surface area (Å²) < 4.78 is 68.6. The van der Waals surface area contributed by atoms with Gasteiger partial charge in [-0.15, -0.1) is 0 Å². The Morgan fingerprint density at radius 2 is 0.465 bits per heavy atom. The number of phosphoric acid groups is 2. The van der Waals surface area contributed by atoms with Crippen LogP contribution in [0, 0.1) is 5.92 Å². The minimum atomic E-state index is -4.96. The SMILES string of the molecule is CCCCCCCCCCCCCCCCCCCCC(=O)O[C@H](COC(=O)CCCCCCCCCCCCCCCCC(C)C)COP(=O)(O)OC[C@@H](O)COP(=O)(O)OC[C@@H](COC(=O)CCCCCCCCC)OC(=O)CCCCCCCCCCCCCCCCCCC. The Labute approximate surface area is 607 Å². The van der Waals surface area contributed by atoms with Crippen molar-refractivity contribution in [1.29, 1.82) is 0 Å². The van der Waals surface area contributed by atoms with Crippen LogP contribution in [0.5, 0.6) is 0 Å². The van der Waals surface area contributed by atoms with Crippen molar-refractivity contribution in [3.63, 3.8) is 0 Å². The van der Waals surface area contributed by atoms with Gasteiger partial charge in [-0.3, -0.25) is 37.3 Å². The number of hydrogen-bond donors (Lipinski definition) is 3. The number of phosphoric ester groups is 2. The summed E-state index contributed by atoms with van der Waals surface area (Å²) in [6, 6.07) is 0. The van der Waals surface area contributed by atoms with E-state index < -0.39 is 97.5 Å². The lowest BCUT2D eigenvalue weighted by molar-refractivity contribution is -0.161. The first kappa shape index (κ1) is 97.1. The van der Waals surface area contributed by atoms with E-state index in [2.05, 4.69) is 34.6 Å². The molecule has 0 aromatic carbocycles. The summed E-state index contributed by atoms with van der Waals surface area (Å²) in [4.78, 5) is 72.9. The van der Waals surface area contributed by atoms with Gasteiger partial charge in [-0.2, -0.15) is 0 Å². The molecule has 0 aromatic heterocycles. The minimum absolute atomic E-state index is 0.108. The Hall–Kier alpha value is -1.94. The van der Waals surface area contributed by atoms with Crippen LogP contribution >= 0.6 is 15.6 Å². The first-order chi connectivity index (χ1) is 48.0. The second-order valence-electron chi connectivity index (χ2n) is 29.3. The van der Waals surface area contributed by atoms with Crippen LogP contribution in [0.4, 0.5) is 0 Å². The summed E-state index contributed by atoms with van der Waals surface area (Å²) in [5.74, 6) is -1.31. The van der Waals surface area contributed by atoms with Crippen molar-refractivity contribution in [2.75, 3.05) is 39.6 Å². The van der Waals surface area contributed by atoms with Gasteiger partial charge in [-0.1, -0.05) is 375 Å². The van der Waals surface area contributed by atoms with Gasteiger partial charge in [0.15, 0.2) is 12.2 Å². The van der Waals surface area contributed by atoms with Gasteiger partial charge in [0.25, 0.3) is 0 Å². The van der Waals surface area contributed by atoms with E-state index in [1.807, 2.05) is 0 Å². The lowest BCUT2D eigenvalue weighted by Crippen LogP contribution is -2.30. The van der Waals surface area contributed by atoms with Crippen LogP contribution in [0.25, 0.3) is 0 Å². The zero-order chi connectivity index (χ0) is 72.7. The first-order valence-corrected chi connectivity index (χ1v) is 44.6. The molecule has 17 nitrogen and oxygen atoms in total. The Balaban J connectivity index is 5.18. The minimum Gasteiger partial charge on any atom is -0.462 e. The molecule has 19 heteroatoms. The second-order valence-corrected chi connectivity index (χ2v) is 32.2. The molecule has 0 aliphatic heterocycles. The highest BCUT2D eigenvalue weighted by Crippen LogP contribution is 2.45. The number of aliphatic hydroxyl groups excluding tert-OH is 1. The lowest BCUT2D eigenvalue weighted by atomic mass is 10.0. The molecular formula is C80H156O17P2. The van der Waals surface area contributed by atoms with E-state index in [0.29, 0.717) is 25.7 Å². The van der Waals surface area contributed by atoms with Crippen molar-refractivity contribution in [3.05, 3.63) is 0 Å². The van der Waals surface area contributed by atoms with Gasteiger partial charge in [0.1, 0.15) is 19.3 Å². The molecule has 99 heavy (non-hydrogen) atoms. The molecule has 0 radical (unpaired) electrons. The van der Waals surface area contributed by atoms with Gasteiger partial charge >= 0.3 is 39.5 Å². The predicted molar refractivity (Wildman–Crippen MR) is 405 cm³/mol. The molecule has 0 saturated heterocycles. The fourth-order valence-electron chi connectivity index (χ4n) is 12.4. The second kappa shape index (κ2) is 73.0. The highest BCUT2D eigenvalue weighted by atomic mass is 31.2. The third kappa shape index (κ3) is 74.1. The molecule has 0 spiro atoms. The molecule has 0 bridgehead atoms. The van der Waals surface area contributed by atoms with Gasteiger partial charge in [0.05, 0.1) is 26.4 Å². The van der Waals surface area contributed by atoms with Crippen molar-refractivity contribution in [1.82, 2.24) is 0 Å². The zero-order valence-corrected chi connectivity index (χ0v) is 66.4. The van der Waals surface area contributed by atoms with Gasteiger partial charge in [-0.05, 0) is 31.6 Å². The summed E-state index contributed by atoms with van der Waals surface area (Å²) in [6.07, 6.45) is 63.9. The largest absolute Gasteiger partial charge is 0.472 e. The average molecular weight is 1450 g/mol. The topological polar surface area (TPSA) is 237 Å². The molecule has 5 atom stereocenters. The number of rotatable bonds is 80. The first-order valence-electron chi connectivity index (χ1n) is 41.6. The quantitative estimate of drug-likeness (QED) is 0.0222. The van der Waals surface area contributed by atoms with Crippen LogP contribution in [0.2, 0.25) is 0 Å². The number of ether oxygens (including phenoxy) is 4. The van der Waals surface area contributed by atoms with Gasteiger partial charge < -0.3 is 33.8 Å². The predicted octanol–water partition coefficient (Wildman–Crippen LogP) is 24.0. The standard InChI is InChI=1S/C80H156O17P2/c1-6-9-12-15-18-20-22-24-26-28-30-32-38-42-46-51-56-61-66-80(85)97-76(70-91-78(83)64-59-54-49-44-40-36-34-33-35-39-43-48-52-57-62-73(4)5)72-95-99(88,89)93-68-74(81)67-92-98(86,87)94-71-75(69-90-77(82)63-58-53-47-17-14-11-8-3)96-79(84)65-60-55-50-45-41-37-31-29-27-25-23-21-19-16-13-10-7-2/h73-76,81H,6-72H2,1-5H3,(H,86,87)(H,88,89)/t74-,75+,76+/m0/s1. The summed E-state index contributed by atoms with van der Waals surface area (Å²) in [5, 5.41) is 10.6. The summed E-state index contributed by atoms with van der Waals surface area (Å²) >= 11 is 0. The number of aliphatic hydroxyl groups is 1. The molecule has 0 fully saturated rings. The molecule has 588 valence electrons. The summed E-state index contributed by atoms with van der Waals surface area (Å²) in [6.45, 7) is 7.31. The Morgan fingerprint density at radius 3 is 0.687 bits per heavy atom. The highest BCUT2D eigenvalue weighted by molar-refractivity contribution is 7.47. The Morgan fingerprint density at radius 1 is 0.273 bits per heavy atom. The van der Waals surface area contributed by atoms with Crippen LogP contribution < -0.4 is 0 Å². The molecule has 0 saturated carbocycles. The molecule has 0 rings (SSSR count). The van der Waals surface area contributed by atoms with E-state index in [4.69, 9.17) is 37.0 Å². The molecule has 0 aliphatic carbocycles. The number of carbonyl (C=O) groups is 4. The van der Waals surface area contributed by atoms with E-state index in [9.17, 15) is 43.2 Å². The van der Waals surface area contributed by atoms with E-state index in [-0.39, 0.29) is 25.7 Å². The smallest absolute Gasteiger partial charge is 0.462 e. The molecular weight excluding hydrogens is 1290 g/mol. The molecule has 0 aromatic rings. The third-order valence-corrected chi connectivity index (χ3v) is 20.7. The van der Waals surface area contributed by atoms with Crippen LogP contribution in [-0.2, 0) is 65.4 Å². The number of carbonyl (C=O) groups excluding carboxylic acids is 4. The number of unbranched alkanes of at least 4 members (excludes halogenated alkanes) is 52. The van der Waals surface area contributed by atoms with Crippen molar-refractivity contribution < 1.29 is 80.2 Å². The highest BCUT2D eigenvalue weighted by Gasteiger charge is 2.30. The van der Waals surface area contributed by atoms with Gasteiger partial charge in [0, 0.05) is 25.7 Å². The number of esters is 4. The fraction of sp³-hybridized carbons (Fsp3) is 0.950. The third-order valence-electron chi connectivity index (χ3n) is 18.8. The van der Waals surface area contributed by atoms with Crippen molar-refractivity contribution in [3.8, 4) is 0 Å². The van der Waals surface area contributed by atoms with Gasteiger partial charge in [-0.25, -0.2) is 9.13 Å². The number of hydrogen-bond acceptors (Lipinski definition) is 15. The molecule has 3 N–H and O–H groups in total. The van der Waals surface area contributed by atoms with Gasteiger partial charge in [0.2, 0.25) is 0 Å². The molecule has 2 unspecified atom stereocenters. The van der Waals surface area contributed by atoms with Crippen LogP contribution in [0.1, 0.15) is 426 Å². The monoisotopic (exact) mass is 1450 g/mol. The molecule has 0 aliphatic rings. The average Bonchev–Trinajstić information content (AvgIpc) is 0.973. The molecule has 0 heterocycles. The van der Waals surface area contributed by atoms with Crippen molar-refractivity contribution in [2.45, 2.75) is 445 Å². The summed E-state index contributed by atoms with van der Waals surface area (Å²) in [5.41, 5.74) is 0. The van der Waals surface area contributed by atoms with Crippen LogP contribution in [0.3, 0.4) is 0 Å². The van der Waals surface area contributed by atoms with Crippen LogP contribution in [-0.4, -0.2) is 96.7 Å². The van der Waals surface area contributed by atoms with Crippen molar-refractivity contribution >= 4 is 39.5 Å². The normalized spacial score (nSPS) is 13.9. The van der Waals surface area contributed by atoms with Crippen molar-refractivity contribution in [2.24, 2.45) is 5.92 Å². The van der Waals surface area contributed by atoms with Crippen LogP contribution in [0.15, 0.2) is 0 Å². The van der Waals surface area contributed by atoms with E-state index >= 15 is 0 Å². The lowest BCUT2D eigenvalue weighted by Gasteiger charge is -2.21. The summed E-state index contributed by atoms with van der Waals surface area (Å²) in [7, 11) is -9.91.